The molecule has 0 unspecified atom stereocenters. The van der Waals surface area contributed by atoms with Gasteiger partial charge in [0.15, 0.2) is 11.6 Å². The lowest BCUT2D eigenvalue weighted by atomic mass is 10.1. The molecule has 1 aliphatic rings. The van der Waals surface area contributed by atoms with E-state index in [1.807, 2.05) is 6.07 Å². The summed E-state index contributed by atoms with van der Waals surface area (Å²) in [5.74, 6) is 1.82. The second-order valence-electron chi connectivity index (χ2n) is 6.43. The van der Waals surface area contributed by atoms with Crippen molar-refractivity contribution in [3.05, 3.63) is 58.1 Å². The van der Waals surface area contributed by atoms with Crippen molar-refractivity contribution in [1.29, 1.82) is 0 Å². The van der Waals surface area contributed by atoms with Crippen LogP contribution in [0.15, 0.2) is 41.0 Å². The number of hydrogen-bond acceptors (Lipinski definition) is 6. The van der Waals surface area contributed by atoms with Gasteiger partial charge in [0.05, 0.1) is 17.1 Å². The first-order chi connectivity index (χ1) is 13.1. The zero-order valence-corrected chi connectivity index (χ0v) is 15.9. The van der Waals surface area contributed by atoms with Crippen molar-refractivity contribution < 1.29 is 9.50 Å². The molecule has 4 N–H and O–H groups in total. The number of aliphatic hydroxyl groups is 1. The first-order valence-electron chi connectivity index (χ1n) is 8.60. The first-order valence-corrected chi connectivity index (χ1v) is 9.39. The van der Waals surface area contributed by atoms with Gasteiger partial charge in [0, 0.05) is 23.9 Å². The summed E-state index contributed by atoms with van der Waals surface area (Å²) in [4.78, 5) is 8.68. The third-order valence-corrected chi connectivity index (χ3v) is 4.94. The number of hydrogen-bond donors (Lipinski definition) is 4. The van der Waals surface area contributed by atoms with Crippen molar-refractivity contribution in [3.8, 4) is 0 Å². The molecule has 2 aromatic heterocycles. The van der Waals surface area contributed by atoms with Gasteiger partial charge in [-0.25, -0.2) is 9.37 Å². The molecule has 2 heterocycles. The van der Waals surface area contributed by atoms with Gasteiger partial charge < -0.3 is 15.7 Å². The lowest BCUT2D eigenvalue weighted by Crippen LogP contribution is -2.17. The van der Waals surface area contributed by atoms with E-state index in [-0.39, 0.29) is 12.4 Å². The summed E-state index contributed by atoms with van der Waals surface area (Å²) >= 11 is 3.43. The molecular weight excluding hydrogens is 415 g/mol. The Labute approximate surface area is 163 Å². The molecule has 3 aromatic rings. The van der Waals surface area contributed by atoms with Crippen LogP contribution < -0.4 is 10.6 Å². The molecule has 0 spiro atoms. The van der Waals surface area contributed by atoms with E-state index in [0.29, 0.717) is 28.0 Å². The predicted molar refractivity (Wildman–Crippen MR) is 103 cm³/mol. The number of nitrogens with zero attached hydrogens (tertiary/aromatic N) is 3. The Balaban J connectivity index is 1.51. The SMILES string of the molecule is OC[C@@H](Nc1ncc(Br)c(Nc2cc(C3CC3)[nH]n2)n1)c1ccc(F)cc1. The van der Waals surface area contributed by atoms with Gasteiger partial charge in [-0.15, -0.1) is 0 Å². The molecule has 0 amide bonds. The van der Waals surface area contributed by atoms with E-state index in [4.69, 9.17) is 0 Å². The molecular formula is C18H18BrFN6O. The molecule has 4 rings (SSSR count). The van der Waals surface area contributed by atoms with Crippen LogP contribution in [0.1, 0.15) is 36.1 Å². The van der Waals surface area contributed by atoms with Gasteiger partial charge in [-0.3, -0.25) is 5.10 Å². The maximum Gasteiger partial charge on any atom is 0.225 e. The minimum absolute atomic E-state index is 0.183. The van der Waals surface area contributed by atoms with Gasteiger partial charge in [-0.1, -0.05) is 12.1 Å². The Morgan fingerprint density at radius 2 is 2.07 bits per heavy atom. The van der Waals surface area contributed by atoms with E-state index in [9.17, 15) is 9.50 Å². The third kappa shape index (κ3) is 4.25. The number of aromatic amines is 1. The molecule has 1 fully saturated rings. The van der Waals surface area contributed by atoms with E-state index in [1.54, 1.807) is 18.3 Å². The van der Waals surface area contributed by atoms with Crippen molar-refractivity contribution >= 4 is 33.5 Å². The third-order valence-electron chi connectivity index (χ3n) is 4.36. The summed E-state index contributed by atoms with van der Waals surface area (Å²) < 4.78 is 13.8. The van der Waals surface area contributed by atoms with Crippen LogP contribution in [0.25, 0.3) is 0 Å². The zero-order chi connectivity index (χ0) is 18.8. The van der Waals surface area contributed by atoms with Crippen molar-refractivity contribution in [2.75, 3.05) is 17.2 Å². The molecule has 0 aliphatic heterocycles. The van der Waals surface area contributed by atoms with Gasteiger partial charge in [0.25, 0.3) is 0 Å². The lowest BCUT2D eigenvalue weighted by Gasteiger charge is -2.17. The van der Waals surface area contributed by atoms with Gasteiger partial charge in [0.1, 0.15) is 5.82 Å². The maximum absolute atomic E-state index is 13.1. The fourth-order valence-electron chi connectivity index (χ4n) is 2.74. The standard InChI is InChI=1S/C18H18BrFN6O/c19-13-8-21-18(22-15(9-27)11-3-5-12(20)6-4-11)24-17(13)23-16-7-14(25-26-16)10-1-2-10/h3-8,10,15,27H,1-2,9H2,(H3,21,22,23,24,25,26)/t15-/m1/s1. The van der Waals surface area contributed by atoms with Gasteiger partial charge >= 0.3 is 0 Å². The second-order valence-corrected chi connectivity index (χ2v) is 7.28. The number of rotatable bonds is 7. The zero-order valence-electron chi connectivity index (χ0n) is 14.3. The summed E-state index contributed by atoms with van der Waals surface area (Å²) in [5.41, 5.74) is 1.86. The monoisotopic (exact) mass is 432 g/mol. The average Bonchev–Trinajstić information content (AvgIpc) is 3.42. The Hall–Kier alpha value is -2.52. The van der Waals surface area contributed by atoms with Crippen LogP contribution in [0.3, 0.4) is 0 Å². The molecule has 0 bridgehead atoms. The first kappa shape index (κ1) is 17.9. The largest absolute Gasteiger partial charge is 0.394 e. The summed E-state index contributed by atoms with van der Waals surface area (Å²) in [6, 6.07) is 7.46. The Kier molecular flexibility index (Phi) is 5.04. The van der Waals surface area contributed by atoms with Crippen LogP contribution in [0, 0.1) is 5.82 Å². The molecule has 140 valence electrons. The average molecular weight is 433 g/mol. The van der Waals surface area contributed by atoms with Crippen molar-refractivity contribution in [2.45, 2.75) is 24.8 Å². The van der Waals surface area contributed by atoms with Crippen LogP contribution in [-0.4, -0.2) is 31.9 Å². The highest BCUT2D eigenvalue weighted by molar-refractivity contribution is 9.10. The smallest absolute Gasteiger partial charge is 0.225 e. The number of halogens is 2. The van der Waals surface area contributed by atoms with E-state index in [1.165, 1.54) is 25.0 Å². The van der Waals surface area contributed by atoms with Crippen LogP contribution in [0.2, 0.25) is 0 Å². The Morgan fingerprint density at radius 3 is 2.78 bits per heavy atom. The summed E-state index contributed by atoms with van der Waals surface area (Å²) in [6.07, 6.45) is 4.00. The highest BCUT2D eigenvalue weighted by Crippen LogP contribution is 2.39. The topological polar surface area (TPSA) is 98.8 Å². The lowest BCUT2D eigenvalue weighted by molar-refractivity contribution is 0.276. The van der Waals surface area contributed by atoms with Crippen LogP contribution in [0.4, 0.5) is 22.0 Å². The van der Waals surface area contributed by atoms with E-state index in [0.717, 1.165) is 11.3 Å². The fourth-order valence-corrected chi connectivity index (χ4v) is 3.03. The van der Waals surface area contributed by atoms with Crippen LogP contribution in [0.5, 0.6) is 0 Å². The number of nitrogens with one attached hydrogen (secondary N) is 3. The number of H-pyrrole nitrogens is 1. The highest BCUT2D eigenvalue weighted by atomic mass is 79.9. The maximum atomic E-state index is 13.1. The molecule has 0 radical (unpaired) electrons. The Bertz CT molecular complexity index is 928. The summed E-state index contributed by atoms with van der Waals surface area (Å²) in [7, 11) is 0. The predicted octanol–water partition coefficient (Wildman–Crippen LogP) is 3.87. The number of aliphatic hydroxyl groups excluding tert-OH is 1. The van der Waals surface area contributed by atoms with E-state index >= 15 is 0 Å². The molecule has 9 heteroatoms. The molecule has 1 saturated carbocycles. The minimum atomic E-state index is -0.452. The molecule has 1 aliphatic carbocycles. The minimum Gasteiger partial charge on any atom is -0.394 e. The molecule has 7 nitrogen and oxygen atoms in total. The van der Waals surface area contributed by atoms with Crippen molar-refractivity contribution in [1.82, 2.24) is 20.2 Å². The quantitative estimate of drug-likeness (QED) is 0.452. The van der Waals surface area contributed by atoms with Crippen molar-refractivity contribution in [3.63, 3.8) is 0 Å². The number of anilines is 3. The normalized spacial score (nSPS) is 14.8. The van der Waals surface area contributed by atoms with Gasteiger partial charge in [0.2, 0.25) is 5.95 Å². The highest BCUT2D eigenvalue weighted by Gasteiger charge is 2.25. The fraction of sp³-hybridized carbons (Fsp3) is 0.278. The number of benzene rings is 1. The van der Waals surface area contributed by atoms with Gasteiger partial charge in [-0.2, -0.15) is 10.1 Å². The molecule has 27 heavy (non-hydrogen) atoms. The van der Waals surface area contributed by atoms with Crippen molar-refractivity contribution in [2.24, 2.45) is 0 Å². The second kappa shape index (κ2) is 7.61. The molecule has 1 aromatic carbocycles. The summed E-state index contributed by atoms with van der Waals surface area (Å²) in [5, 5.41) is 23.2. The van der Waals surface area contributed by atoms with E-state index < -0.39 is 6.04 Å². The summed E-state index contributed by atoms with van der Waals surface area (Å²) in [6.45, 7) is -0.183. The molecule has 1 atom stereocenters. The van der Waals surface area contributed by atoms with Gasteiger partial charge in [-0.05, 0) is 46.5 Å². The van der Waals surface area contributed by atoms with Crippen LogP contribution >= 0.6 is 15.9 Å². The Morgan fingerprint density at radius 1 is 1.30 bits per heavy atom. The number of aromatic nitrogens is 4. The molecule has 0 saturated heterocycles. The van der Waals surface area contributed by atoms with E-state index in [2.05, 4.69) is 46.7 Å². The van der Waals surface area contributed by atoms with Crippen LogP contribution in [-0.2, 0) is 0 Å².